The van der Waals surface area contributed by atoms with Crippen LogP contribution in [0.15, 0.2) is 17.8 Å². The third-order valence-corrected chi connectivity index (χ3v) is 3.30. The molecule has 2 aromatic heterocycles. The van der Waals surface area contributed by atoms with Gasteiger partial charge in [0.1, 0.15) is 0 Å². The zero-order chi connectivity index (χ0) is 12.3. The Bertz CT molecular complexity index is 478. The van der Waals surface area contributed by atoms with Gasteiger partial charge in [0.2, 0.25) is 0 Å². The largest absolute Gasteiger partial charge is 0.309 e. The summed E-state index contributed by atoms with van der Waals surface area (Å²) in [6.45, 7) is 7.12. The molecule has 0 radical (unpaired) electrons. The molecule has 2 rings (SSSR count). The summed E-state index contributed by atoms with van der Waals surface area (Å²) in [6.07, 6.45) is 3.63. The topological polar surface area (TPSA) is 50.7 Å². The Hall–Kier alpha value is -1.33. The average molecular weight is 248 g/mol. The van der Waals surface area contributed by atoms with Gasteiger partial charge in [-0.2, -0.15) is 0 Å². The molecule has 17 heavy (non-hydrogen) atoms. The highest BCUT2D eigenvalue weighted by Crippen LogP contribution is 2.23. The lowest BCUT2D eigenvalue weighted by molar-refractivity contribution is 0.586. The standard InChI is InChI=1S/C12H16N4S/c1-4-13-9(3)10-7-17-12(16-10)11-14-5-8(2)6-15-11/h5-7,9,13H,4H2,1-3H3. The van der Waals surface area contributed by atoms with Gasteiger partial charge in [0.25, 0.3) is 0 Å². The Balaban J connectivity index is 2.20. The maximum Gasteiger partial charge on any atom is 0.188 e. The van der Waals surface area contributed by atoms with Gasteiger partial charge in [-0.15, -0.1) is 11.3 Å². The molecule has 0 aliphatic heterocycles. The highest BCUT2D eigenvalue weighted by Gasteiger charge is 2.11. The van der Waals surface area contributed by atoms with Crippen molar-refractivity contribution in [1.82, 2.24) is 20.3 Å². The van der Waals surface area contributed by atoms with Gasteiger partial charge in [0.15, 0.2) is 10.8 Å². The van der Waals surface area contributed by atoms with Crippen LogP contribution < -0.4 is 5.32 Å². The van der Waals surface area contributed by atoms with Crippen LogP contribution in [0.5, 0.6) is 0 Å². The number of hydrogen-bond donors (Lipinski definition) is 1. The first-order valence-electron chi connectivity index (χ1n) is 5.68. The summed E-state index contributed by atoms with van der Waals surface area (Å²) in [7, 11) is 0. The fraction of sp³-hybridized carbons (Fsp3) is 0.417. The smallest absolute Gasteiger partial charge is 0.188 e. The number of nitrogens with zero attached hydrogens (tertiary/aromatic N) is 3. The van der Waals surface area contributed by atoms with Crippen LogP contribution in [0.25, 0.3) is 10.8 Å². The van der Waals surface area contributed by atoms with Crippen LogP contribution >= 0.6 is 11.3 Å². The van der Waals surface area contributed by atoms with Crippen molar-refractivity contribution < 1.29 is 0 Å². The van der Waals surface area contributed by atoms with E-state index in [1.165, 1.54) is 0 Å². The number of thiazole rings is 1. The Labute approximate surface area is 105 Å². The molecule has 5 heteroatoms. The van der Waals surface area contributed by atoms with E-state index in [1.807, 2.05) is 19.3 Å². The molecule has 0 fully saturated rings. The van der Waals surface area contributed by atoms with Gasteiger partial charge < -0.3 is 5.32 Å². The van der Waals surface area contributed by atoms with Crippen LogP contribution in [-0.2, 0) is 0 Å². The summed E-state index contributed by atoms with van der Waals surface area (Å²) >= 11 is 1.59. The molecule has 0 aliphatic carbocycles. The van der Waals surface area contributed by atoms with Crippen molar-refractivity contribution in [2.75, 3.05) is 6.54 Å². The molecule has 0 spiro atoms. The second-order valence-electron chi connectivity index (χ2n) is 3.94. The van der Waals surface area contributed by atoms with Crippen LogP contribution in [0.4, 0.5) is 0 Å². The molecular formula is C12H16N4S. The zero-order valence-electron chi connectivity index (χ0n) is 10.3. The van der Waals surface area contributed by atoms with Crippen LogP contribution in [0.2, 0.25) is 0 Å². The summed E-state index contributed by atoms with van der Waals surface area (Å²) in [6, 6.07) is 0.274. The van der Waals surface area contributed by atoms with Crippen molar-refractivity contribution in [2.45, 2.75) is 26.8 Å². The van der Waals surface area contributed by atoms with E-state index in [-0.39, 0.29) is 6.04 Å². The van der Waals surface area contributed by atoms with Gasteiger partial charge in [-0.1, -0.05) is 6.92 Å². The number of aryl methyl sites for hydroxylation is 1. The van der Waals surface area contributed by atoms with E-state index in [0.29, 0.717) is 5.82 Å². The Kier molecular flexibility index (Phi) is 3.81. The maximum absolute atomic E-state index is 4.56. The Morgan fingerprint density at radius 3 is 2.71 bits per heavy atom. The predicted molar refractivity (Wildman–Crippen MR) is 70.0 cm³/mol. The highest BCUT2D eigenvalue weighted by molar-refractivity contribution is 7.13. The lowest BCUT2D eigenvalue weighted by atomic mass is 10.2. The molecule has 0 amide bonds. The molecular weight excluding hydrogens is 232 g/mol. The van der Waals surface area contributed by atoms with Crippen molar-refractivity contribution in [3.63, 3.8) is 0 Å². The number of hydrogen-bond acceptors (Lipinski definition) is 5. The van der Waals surface area contributed by atoms with Gasteiger partial charge in [0, 0.05) is 23.8 Å². The predicted octanol–water partition coefficient (Wildman–Crippen LogP) is 2.58. The van der Waals surface area contributed by atoms with E-state index in [1.54, 1.807) is 11.3 Å². The van der Waals surface area contributed by atoms with Crippen LogP contribution in [0, 0.1) is 6.92 Å². The molecule has 4 nitrogen and oxygen atoms in total. The molecule has 1 N–H and O–H groups in total. The summed E-state index contributed by atoms with van der Waals surface area (Å²) in [5.41, 5.74) is 2.11. The number of nitrogens with one attached hydrogen (secondary N) is 1. The number of rotatable bonds is 4. The van der Waals surface area contributed by atoms with E-state index in [2.05, 4.69) is 39.5 Å². The molecule has 1 unspecified atom stereocenters. The third kappa shape index (κ3) is 2.87. The van der Waals surface area contributed by atoms with Crippen molar-refractivity contribution in [3.05, 3.63) is 29.0 Å². The second kappa shape index (κ2) is 5.33. The summed E-state index contributed by atoms with van der Waals surface area (Å²) < 4.78 is 0. The minimum Gasteiger partial charge on any atom is -0.309 e. The normalized spacial score (nSPS) is 12.6. The molecule has 1 atom stereocenters. The van der Waals surface area contributed by atoms with Gasteiger partial charge in [0.05, 0.1) is 5.69 Å². The van der Waals surface area contributed by atoms with E-state index < -0.39 is 0 Å². The lowest BCUT2D eigenvalue weighted by Gasteiger charge is -2.07. The molecule has 0 saturated heterocycles. The monoisotopic (exact) mass is 248 g/mol. The summed E-state index contributed by atoms with van der Waals surface area (Å²) in [5, 5.41) is 6.28. The number of aromatic nitrogens is 3. The van der Waals surface area contributed by atoms with Crippen molar-refractivity contribution in [3.8, 4) is 10.8 Å². The fourth-order valence-corrected chi connectivity index (χ4v) is 2.36. The first kappa shape index (κ1) is 12.1. The summed E-state index contributed by atoms with van der Waals surface area (Å²) in [4.78, 5) is 13.1. The first-order chi connectivity index (χ1) is 8.20. The highest BCUT2D eigenvalue weighted by atomic mass is 32.1. The van der Waals surface area contributed by atoms with Gasteiger partial charge in [-0.3, -0.25) is 0 Å². The Morgan fingerprint density at radius 1 is 1.35 bits per heavy atom. The molecule has 90 valence electrons. The average Bonchev–Trinajstić information content (AvgIpc) is 2.80. The molecule has 0 bridgehead atoms. The second-order valence-corrected chi connectivity index (χ2v) is 4.80. The zero-order valence-corrected chi connectivity index (χ0v) is 11.1. The van der Waals surface area contributed by atoms with Crippen molar-refractivity contribution in [2.24, 2.45) is 0 Å². The third-order valence-electron chi connectivity index (χ3n) is 2.45. The molecule has 0 aromatic carbocycles. The van der Waals surface area contributed by atoms with Crippen LogP contribution in [0.1, 0.15) is 31.1 Å². The van der Waals surface area contributed by atoms with Crippen molar-refractivity contribution >= 4 is 11.3 Å². The molecule has 2 heterocycles. The van der Waals surface area contributed by atoms with E-state index in [0.717, 1.165) is 22.8 Å². The van der Waals surface area contributed by atoms with E-state index >= 15 is 0 Å². The quantitative estimate of drug-likeness (QED) is 0.903. The molecule has 0 aliphatic rings. The van der Waals surface area contributed by atoms with Gasteiger partial charge in [-0.05, 0) is 26.0 Å². The van der Waals surface area contributed by atoms with Crippen molar-refractivity contribution in [1.29, 1.82) is 0 Å². The van der Waals surface area contributed by atoms with E-state index in [9.17, 15) is 0 Å². The SMILES string of the molecule is CCNC(C)c1csc(-c2ncc(C)cn2)n1. The maximum atomic E-state index is 4.56. The molecule has 0 saturated carbocycles. The lowest BCUT2D eigenvalue weighted by Crippen LogP contribution is -2.17. The molecule has 2 aromatic rings. The minimum absolute atomic E-state index is 0.274. The van der Waals surface area contributed by atoms with Crippen LogP contribution in [0.3, 0.4) is 0 Å². The summed E-state index contributed by atoms with van der Waals surface area (Å²) in [5.74, 6) is 0.704. The fourth-order valence-electron chi connectivity index (χ4n) is 1.50. The first-order valence-corrected chi connectivity index (χ1v) is 6.56. The van der Waals surface area contributed by atoms with Gasteiger partial charge in [-0.25, -0.2) is 15.0 Å². The van der Waals surface area contributed by atoms with E-state index in [4.69, 9.17) is 0 Å². The Morgan fingerprint density at radius 2 is 2.06 bits per heavy atom. The van der Waals surface area contributed by atoms with Gasteiger partial charge >= 0.3 is 0 Å². The minimum atomic E-state index is 0.274. The van der Waals surface area contributed by atoms with Crippen LogP contribution in [-0.4, -0.2) is 21.5 Å².